The normalized spacial score (nSPS) is 10.4. The zero-order valence-electron chi connectivity index (χ0n) is 9.51. The molecule has 0 radical (unpaired) electrons. The molecule has 17 heavy (non-hydrogen) atoms. The van der Waals surface area contributed by atoms with Gasteiger partial charge >= 0.3 is 5.97 Å². The highest BCUT2D eigenvalue weighted by molar-refractivity contribution is 7.15. The van der Waals surface area contributed by atoms with E-state index in [-0.39, 0.29) is 6.42 Å². The molecule has 0 fully saturated rings. The molecule has 0 spiro atoms. The molecule has 4 heteroatoms. The van der Waals surface area contributed by atoms with E-state index in [0.29, 0.717) is 6.42 Å². The molecule has 2 rings (SSSR count). The third kappa shape index (κ3) is 3.14. The van der Waals surface area contributed by atoms with Gasteiger partial charge in [-0.25, -0.2) is 4.98 Å². The third-order valence-corrected chi connectivity index (χ3v) is 3.51. The minimum atomic E-state index is -0.768. The molecule has 1 aromatic carbocycles. The summed E-state index contributed by atoms with van der Waals surface area (Å²) in [6.07, 6.45) is 2.49. The molecule has 0 saturated heterocycles. The van der Waals surface area contributed by atoms with E-state index in [9.17, 15) is 4.79 Å². The van der Waals surface area contributed by atoms with E-state index in [1.165, 1.54) is 5.56 Å². The Labute approximate surface area is 104 Å². The van der Waals surface area contributed by atoms with Gasteiger partial charge in [-0.15, -0.1) is 11.3 Å². The molecule has 3 nitrogen and oxygen atoms in total. The fraction of sp³-hybridized carbons (Fsp3) is 0.231. The predicted molar refractivity (Wildman–Crippen MR) is 68.2 cm³/mol. The van der Waals surface area contributed by atoms with Gasteiger partial charge in [-0.2, -0.15) is 0 Å². The smallest absolute Gasteiger partial charge is 0.303 e. The monoisotopic (exact) mass is 247 g/mol. The van der Waals surface area contributed by atoms with Crippen LogP contribution in [0.1, 0.15) is 16.9 Å². The highest BCUT2D eigenvalue weighted by Gasteiger charge is 2.06. The van der Waals surface area contributed by atoms with E-state index in [1.54, 1.807) is 17.5 Å². The second kappa shape index (κ2) is 5.10. The van der Waals surface area contributed by atoms with Crippen LogP contribution >= 0.6 is 11.3 Å². The number of thiazole rings is 1. The van der Waals surface area contributed by atoms with Crippen LogP contribution in [-0.4, -0.2) is 16.1 Å². The van der Waals surface area contributed by atoms with Crippen molar-refractivity contribution < 1.29 is 9.90 Å². The van der Waals surface area contributed by atoms with Gasteiger partial charge in [0.1, 0.15) is 5.01 Å². The average Bonchev–Trinajstić information content (AvgIpc) is 2.75. The molecule has 1 N–H and O–H groups in total. The molecule has 1 heterocycles. The summed E-state index contributed by atoms with van der Waals surface area (Å²) in [6.45, 7) is 2.04. The van der Waals surface area contributed by atoms with Crippen LogP contribution in [0.15, 0.2) is 30.5 Å². The summed E-state index contributed by atoms with van der Waals surface area (Å²) in [6, 6.07) is 8.15. The van der Waals surface area contributed by atoms with Gasteiger partial charge in [0, 0.05) is 16.6 Å². The second-order valence-corrected chi connectivity index (χ2v) is 5.01. The minimum Gasteiger partial charge on any atom is -0.481 e. The van der Waals surface area contributed by atoms with Gasteiger partial charge < -0.3 is 5.11 Å². The van der Waals surface area contributed by atoms with Crippen LogP contribution in [0.4, 0.5) is 0 Å². The zero-order valence-corrected chi connectivity index (χ0v) is 10.3. The fourth-order valence-corrected chi connectivity index (χ4v) is 2.47. The van der Waals surface area contributed by atoms with E-state index in [4.69, 9.17) is 5.11 Å². The Kier molecular flexibility index (Phi) is 3.54. The van der Waals surface area contributed by atoms with Crippen molar-refractivity contribution in [3.63, 3.8) is 0 Å². The molecule has 0 aliphatic rings. The maximum Gasteiger partial charge on any atom is 0.303 e. The van der Waals surface area contributed by atoms with Crippen LogP contribution in [0.25, 0.3) is 10.6 Å². The van der Waals surface area contributed by atoms with Gasteiger partial charge in [0.2, 0.25) is 0 Å². The molecule has 0 amide bonds. The fourth-order valence-electron chi connectivity index (χ4n) is 1.56. The lowest BCUT2D eigenvalue weighted by atomic mass is 10.1. The van der Waals surface area contributed by atoms with Crippen LogP contribution in [0.2, 0.25) is 0 Å². The van der Waals surface area contributed by atoms with Gasteiger partial charge in [0.25, 0.3) is 0 Å². The topological polar surface area (TPSA) is 50.2 Å². The molecule has 0 saturated carbocycles. The van der Waals surface area contributed by atoms with Crippen LogP contribution in [0.3, 0.4) is 0 Å². The molecule has 1 aromatic heterocycles. The summed E-state index contributed by atoms with van der Waals surface area (Å²) >= 11 is 1.56. The first-order valence-corrected chi connectivity index (χ1v) is 6.20. The number of aromatic nitrogens is 1. The molecule has 0 aliphatic carbocycles. The van der Waals surface area contributed by atoms with E-state index in [0.717, 1.165) is 15.4 Å². The summed E-state index contributed by atoms with van der Waals surface area (Å²) in [4.78, 5) is 15.8. The summed E-state index contributed by atoms with van der Waals surface area (Å²) < 4.78 is 0. The number of rotatable bonds is 4. The molecule has 2 aromatic rings. The van der Waals surface area contributed by atoms with Crippen molar-refractivity contribution in [3.8, 4) is 10.6 Å². The number of nitrogens with zero attached hydrogens (tertiary/aromatic N) is 1. The molecule has 0 atom stereocenters. The first kappa shape index (κ1) is 11.8. The predicted octanol–water partition coefficient (Wildman–Crippen LogP) is 3.14. The van der Waals surface area contributed by atoms with E-state index in [2.05, 4.69) is 11.1 Å². The van der Waals surface area contributed by atoms with Gasteiger partial charge in [-0.05, 0) is 19.4 Å². The summed E-state index contributed by atoms with van der Waals surface area (Å²) in [7, 11) is 0. The van der Waals surface area contributed by atoms with Gasteiger partial charge in [0.15, 0.2) is 0 Å². The number of aryl methyl sites for hydroxylation is 2. The first-order chi connectivity index (χ1) is 8.15. The SMILES string of the molecule is Cc1cccc(-c2ncc(CCC(=O)O)s2)c1. The van der Waals surface area contributed by atoms with Crippen molar-refractivity contribution in [2.24, 2.45) is 0 Å². The minimum absolute atomic E-state index is 0.162. The lowest BCUT2D eigenvalue weighted by Gasteiger charge is -1.97. The Hall–Kier alpha value is -1.68. The number of benzene rings is 1. The lowest BCUT2D eigenvalue weighted by Crippen LogP contribution is -1.95. The van der Waals surface area contributed by atoms with Gasteiger partial charge in [-0.3, -0.25) is 4.79 Å². The molecular formula is C13H13NO2S. The second-order valence-electron chi connectivity index (χ2n) is 3.89. The van der Waals surface area contributed by atoms with Crippen molar-refractivity contribution in [3.05, 3.63) is 40.9 Å². The van der Waals surface area contributed by atoms with Crippen LogP contribution in [0, 0.1) is 6.92 Å². The maximum absolute atomic E-state index is 10.5. The number of carboxylic acid groups (broad SMARTS) is 1. The maximum atomic E-state index is 10.5. The Morgan fingerprint density at radius 2 is 2.29 bits per heavy atom. The van der Waals surface area contributed by atoms with Gasteiger partial charge in [0.05, 0.1) is 6.42 Å². The van der Waals surface area contributed by atoms with E-state index < -0.39 is 5.97 Å². The molecule has 0 unspecified atom stereocenters. The van der Waals surface area contributed by atoms with E-state index >= 15 is 0 Å². The van der Waals surface area contributed by atoms with Crippen LogP contribution < -0.4 is 0 Å². The Morgan fingerprint density at radius 1 is 1.47 bits per heavy atom. The summed E-state index contributed by atoms with van der Waals surface area (Å²) in [5.74, 6) is -0.768. The average molecular weight is 247 g/mol. The molecule has 88 valence electrons. The Balaban J connectivity index is 2.15. The summed E-state index contributed by atoms with van der Waals surface area (Å²) in [5.41, 5.74) is 2.29. The number of hydrogen-bond donors (Lipinski definition) is 1. The van der Waals surface area contributed by atoms with Crippen LogP contribution in [-0.2, 0) is 11.2 Å². The quantitative estimate of drug-likeness (QED) is 0.903. The summed E-state index contributed by atoms with van der Waals surface area (Å²) in [5, 5.41) is 9.57. The van der Waals surface area contributed by atoms with Crippen molar-refractivity contribution in [1.29, 1.82) is 0 Å². The Bertz CT molecular complexity index is 534. The largest absolute Gasteiger partial charge is 0.481 e. The number of carboxylic acids is 1. The highest BCUT2D eigenvalue weighted by atomic mass is 32.1. The van der Waals surface area contributed by atoms with Gasteiger partial charge in [-0.1, -0.05) is 23.8 Å². The van der Waals surface area contributed by atoms with Crippen molar-refractivity contribution in [1.82, 2.24) is 4.98 Å². The first-order valence-electron chi connectivity index (χ1n) is 5.38. The highest BCUT2D eigenvalue weighted by Crippen LogP contribution is 2.26. The van der Waals surface area contributed by atoms with Crippen molar-refractivity contribution in [2.75, 3.05) is 0 Å². The Morgan fingerprint density at radius 3 is 3.00 bits per heavy atom. The van der Waals surface area contributed by atoms with Crippen LogP contribution in [0.5, 0.6) is 0 Å². The van der Waals surface area contributed by atoms with Crippen molar-refractivity contribution in [2.45, 2.75) is 19.8 Å². The lowest BCUT2D eigenvalue weighted by molar-refractivity contribution is -0.136. The zero-order chi connectivity index (χ0) is 12.3. The molecule has 0 bridgehead atoms. The van der Waals surface area contributed by atoms with Crippen molar-refractivity contribution >= 4 is 17.3 Å². The number of hydrogen-bond acceptors (Lipinski definition) is 3. The third-order valence-electron chi connectivity index (χ3n) is 2.40. The van der Waals surface area contributed by atoms with E-state index in [1.807, 2.05) is 25.1 Å². The molecule has 0 aliphatic heterocycles. The number of carbonyl (C=O) groups is 1. The molecular weight excluding hydrogens is 234 g/mol. The number of aliphatic carboxylic acids is 1. The standard InChI is InChI=1S/C13H13NO2S/c1-9-3-2-4-10(7-9)13-14-8-11(17-13)5-6-12(15)16/h2-4,7-8H,5-6H2,1H3,(H,15,16).